The summed E-state index contributed by atoms with van der Waals surface area (Å²) < 4.78 is 43.7. The number of fused-ring (bicyclic) bond motifs is 1. The number of halogens is 2. The van der Waals surface area contributed by atoms with E-state index in [9.17, 15) is 18.8 Å². The van der Waals surface area contributed by atoms with Crippen LogP contribution in [0.25, 0.3) is 22.0 Å². The van der Waals surface area contributed by atoms with E-state index in [4.69, 9.17) is 15.2 Å². The van der Waals surface area contributed by atoms with Crippen LogP contribution in [-0.2, 0) is 14.3 Å². The van der Waals surface area contributed by atoms with E-state index >= 15 is 4.39 Å². The minimum absolute atomic E-state index is 0.235. The third kappa shape index (κ3) is 6.32. The highest BCUT2D eigenvalue weighted by Crippen LogP contribution is 2.43. The van der Waals surface area contributed by atoms with E-state index in [0.29, 0.717) is 35.5 Å². The van der Waals surface area contributed by atoms with Crippen LogP contribution >= 0.6 is 0 Å². The third-order valence-corrected chi connectivity index (χ3v) is 9.12. The zero-order valence-corrected chi connectivity index (χ0v) is 26.6. The number of nitrogens with zero attached hydrogens (tertiary/aromatic N) is 3. The number of hydrogen-bond donors (Lipinski definition) is 1. The Morgan fingerprint density at radius 2 is 1.77 bits per heavy atom. The summed E-state index contributed by atoms with van der Waals surface area (Å²) in [7, 11) is 1.47. The SMILES string of the molecule is COc1c(N2CCN(C(=O)C(N)COC(=O)C(C)c3ccc(-c4ccccc4)c(F)c3)C(C)C2)c(F)cc2c(=O)ccn(C3CC3)c12. The van der Waals surface area contributed by atoms with Crippen molar-refractivity contribution < 1.29 is 27.8 Å². The van der Waals surface area contributed by atoms with Gasteiger partial charge in [-0.05, 0) is 49.9 Å². The normalized spacial score (nSPS) is 17.8. The zero-order valence-electron chi connectivity index (χ0n) is 26.6. The molecular formula is C36H38F2N4O5. The Hall–Kier alpha value is -4.77. The van der Waals surface area contributed by atoms with Gasteiger partial charge in [0.05, 0.1) is 23.9 Å². The molecule has 9 nitrogen and oxygen atoms in total. The van der Waals surface area contributed by atoms with Gasteiger partial charge in [0.1, 0.15) is 24.2 Å². The molecular weight excluding hydrogens is 606 g/mol. The van der Waals surface area contributed by atoms with Crippen molar-refractivity contribution in [3.05, 3.63) is 94.3 Å². The molecule has 2 aliphatic rings. The van der Waals surface area contributed by atoms with E-state index in [0.717, 1.165) is 18.4 Å². The lowest BCUT2D eigenvalue weighted by Crippen LogP contribution is -2.58. The highest BCUT2D eigenvalue weighted by molar-refractivity contribution is 5.92. The van der Waals surface area contributed by atoms with Crippen molar-refractivity contribution >= 4 is 28.5 Å². The average Bonchev–Trinajstić information content (AvgIpc) is 3.92. The van der Waals surface area contributed by atoms with Gasteiger partial charge in [0, 0.05) is 49.5 Å². The number of amides is 1. The number of methoxy groups -OCH3 is 1. The molecule has 1 aliphatic carbocycles. The van der Waals surface area contributed by atoms with Crippen molar-refractivity contribution in [2.45, 2.75) is 50.7 Å². The van der Waals surface area contributed by atoms with Crippen molar-refractivity contribution in [2.75, 3.05) is 38.3 Å². The van der Waals surface area contributed by atoms with Crippen molar-refractivity contribution in [1.82, 2.24) is 9.47 Å². The monoisotopic (exact) mass is 644 g/mol. The molecule has 0 radical (unpaired) electrons. The molecule has 0 spiro atoms. The summed E-state index contributed by atoms with van der Waals surface area (Å²) in [6.07, 6.45) is 3.68. The highest BCUT2D eigenvalue weighted by Gasteiger charge is 2.35. The van der Waals surface area contributed by atoms with E-state index < -0.39 is 35.5 Å². The summed E-state index contributed by atoms with van der Waals surface area (Å²) in [5.74, 6) is -2.52. The number of piperazine rings is 1. The third-order valence-electron chi connectivity index (χ3n) is 9.12. The Balaban J connectivity index is 1.10. The van der Waals surface area contributed by atoms with Gasteiger partial charge in [-0.2, -0.15) is 0 Å². The zero-order chi connectivity index (χ0) is 33.4. The molecule has 1 aliphatic heterocycles. The van der Waals surface area contributed by atoms with Gasteiger partial charge in [0.15, 0.2) is 17.0 Å². The van der Waals surface area contributed by atoms with Crippen molar-refractivity contribution in [3.63, 3.8) is 0 Å². The van der Waals surface area contributed by atoms with Crippen LogP contribution in [0.5, 0.6) is 5.75 Å². The number of rotatable bonds is 9. The minimum atomic E-state index is -1.11. The van der Waals surface area contributed by atoms with Crippen LogP contribution in [-0.4, -0.2) is 66.8 Å². The van der Waals surface area contributed by atoms with Gasteiger partial charge in [0.25, 0.3) is 0 Å². The number of carbonyl (C=O) groups excluding carboxylic acids is 2. The lowest BCUT2D eigenvalue weighted by atomic mass is 9.97. The number of esters is 1. The summed E-state index contributed by atoms with van der Waals surface area (Å²) in [6.45, 7) is 3.94. The van der Waals surface area contributed by atoms with Crippen LogP contribution in [0.4, 0.5) is 14.5 Å². The number of ether oxygens (including phenoxy) is 2. The van der Waals surface area contributed by atoms with Crippen LogP contribution in [0, 0.1) is 11.6 Å². The molecule has 4 aromatic rings. The van der Waals surface area contributed by atoms with E-state index in [-0.39, 0.29) is 41.7 Å². The fourth-order valence-electron chi connectivity index (χ4n) is 6.37. The Bertz CT molecular complexity index is 1880. The van der Waals surface area contributed by atoms with E-state index in [1.807, 2.05) is 34.6 Å². The number of anilines is 1. The smallest absolute Gasteiger partial charge is 0.313 e. The topological polar surface area (TPSA) is 107 Å². The quantitative estimate of drug-likeness (QED) is 0.256. The lowest BCUT2D eigenvalue weighted by Gasteiger charge is -2.42. The van der Waals surface area contributed by atoms with Crippen LogP contribution < -0.4 is 20.8 Å². The molecule has 1 saturated carbocycles. The Morgan fingerprint density at radius 1 is 1.02 bits per heavy atom. The van der Waals surface area contributed by atoms with E-state index in [2.05, 4.69) is 0 Å². The number of benzene rings is 3. The molecule has 246 valence electrons. The molecule has 1 aromatic heterocycles. The van der Waals surface area contributed by atoms with Crippen LogP contribution in [0.15, 0.2) is 71.7 Å². The summed E-state index contributed by atoms with van der Waals surface area (Å²) >= 11 is 0. The molecule has 2 heterocycles. The summed E-state index contributed by atoms with van der Waals surface area (Å²) in [5, 5.41) is 0.267. The summed E-state index contributed by atoms with van der Waals surface area (Å²) in [5.41, 5.74) is 8.34. The maximum atomic E-state index is 15.6. The second kappa shape index (κ2) is 13.2. The largest absolute Gasteiger partial charge is 0.492 e. The first-order chi connectivity index (χ1) is 22.6. The van der Waals surface area contributed by atoms with Gasteiger partial charge in [-0.3, -0.25) is 14.4 Å². The number of pyridine rings is 1. The summed E-state index contributed by atoms with van der Waals surface area (Å²) in [6, 6.07) is 15.2. The van der Waals surface area contributed by atoms with E-state index in [1.54, 1.807) is 42.3 Å². The van der Waals surface area contributed by atoms with Gasteiger partial charge in [-0.15, -0.1) is 0 Å². The van der Waals surface area contributed by atoms with E-state index in [1.165, 1.54) is 25.3 Å². The van der Waals surface area contributed by atoms with Crippen molar-refractivity contribution in [1.29, 1.82) is 0 Å². The van der Waals surface area contributed by atoms with Gasteiger partial charge in [-0.1, -0.05) is 42.5 Å². The average molecular weight is 645 g/mol. The molecule has 3 aromatic carbocycles. The maximum absolute atomic E-state index is 15.6. The first-order valence-electron chi connectivity index (χ1n) is 15.8. The van der Waals surface area contributed by atoms with Crippen LogP contribution in [0.1, 0.15) is 44.2 Å². The molecule has 3 unspecified atom stereocenters. The number of aromatic nitrogens is 1. The van der Waals surface area contributed by atoms with Gasteiger partial charge in [0.2, 0.25) is 5.91 Å². The molecule has 2 N–H and O–H groups in total. The number of hydrogen-bond acceptors (Lipinski definition) is 7. The summed E-state index contributed by atoms with van der Waals surface area (Å²) in [4.78, 5) is 42.3. The molecule has 1 amide bonds. The fourth-order valence-corrected chi connectivity index (χ4v) is 6.37. The maximum Gasteiger partial charge on any atom is 0.313 e. The Labute approximate surface area is 271 Å². The van der Waals surface area contributed by atoms with Crippen LogP contribution in [0.2, 0.25) is 0 Å². The Morgan fingerprint density at radius 3 is 2.43 bits per heavy atom. The van der Waals surface area contributed by atoms with Crippen LogP contribution in [0.3, 0.4) is 0 Å². The second-order valence-electron chi connectivity index (χ2n) is 12.3. The van der Waals surface area contributed by atoms with Crippen molar-refractivity contribution in [2.24, 2.45) is 5.73 Å². The standard InChI is InChI=1S/C36H38F2N4O5/c1-21-19-40(33-29(38)18-27-31(43)13-14-42(25-10-11-25)32(27)34(33)46-3)15-16-41(21)35(44)30(39)20-47-36(45)22(2)24-9-12-26(28(37)17-24)23-7-5-4-6-8-23/h4-9,12-14,17-18,21-22,25,30H,10-11,15-16,19-20,39H2,1-3H3. The minimum Gasteiger partial charge on any atom is -0.492 e. The fraction of sp³-hybridized carbons (Fsp3) is 0.361. The molecule has 0 bridgehead atoms. The molecule has 3 atom stereocenters. The molecule has 11 heteroatoms. The van der Waals surface area contributed by atoms with Gasteiger partial charge >= 0.3 is 5.97 Å². The van der Waals surface area contributed by atoms with Gasteiger partial charge < -0.3 is 29.6 Å². The van der Waals surface area contributed by atoms with Gasteiger partial charge in [-0.25, -0.2) is 8.78 Å². The molecule has 1 saturated heterocycles. The molecule has 2 fully saturated rings. The predicted molar refractivity (Wildman–Crippen MR) is 176 cm³/mol. The Kier molecular flexibility index (Phi) is 9.01. The highest BCUT2D eigenvalue weighted by atomic mass is 19.1. The molecule has 47 heavy (non-hydrogen) atoms. The second-order valence-corrected chi connectivity index (χ2v) is 12.3. The number of carbonyl (C=O) groups is 2. The lowest BCUT2D eigenvalue weighted by molar-refractivity contribution is -0.148. The molecule has 6 rings (SSSR count). The first kappa shape index (κ1) is 32.2. The predicted octanol–water partition coefficient (Wildman–Crippen LogP) is 5.00. The first-order valence-corrected chi connectivity index (χ1v) is 15.8. The van der Waals surface area contributed by atoms with Crippen molar-refractivity contribution in [3.8, 4) is 16.9 Å². The number of nitrogens with two attached hydrogens (primary N) is 1.